The van der Waals surface area contributed by atoms with Crippen LogP contribution >= 0.6 is 12.4 Å². The van der Waals surface area contributed by atoms with Crippen LogP contribution in [0.5, 0.6) is 0 Å². The minimum absolute atomic E-state index is 0. The maximum absolute atomic E-state index is 12.1. The Bertz CT molecular complexity index is 656. The van der Waals surface area contributed by atoms with E-state index in [2.05, 4.69) is 39.8 Å². The van der Waals surface area contributed by atoms with Crippen LogP contribution in [-0.4, -0.2) is 50.1 Å². The van der Waals surface area contributed by atoms with Crippen molar-refractivity contribution in [2.24, 2.45) is 0 Å². The van der Waals surface area contributed by atoms with E-state index >= 15 is 0 Å². The average molecular weight is 348 g/mol. The number of hydrogen-bond acceptors (Lipinski definition) is 3. The van der Waals surface area contributed by atoms with Gasteiger partial charge in [0.1, 0.15) is 0 Å². The van der Waals surface area contributed by atoms with Gasteiger partial charge in [0.05, 0.1) is 6.42 Å². The van der Waals surface area contributed by atoms with E-state index in [1.165, 1.54) is 10.8 Å². The molecule has 0 radical (unpaired) electrons. The molecule has 1 fully saturated rings. The van der Waals surface area contributed by atoms with Crippen molar-refractivity contribution in [2.75, 3.05) is 39.3 Å². The molecule has 2 aromatic rings. The first-order valence-electron chi connectivity index (χ1n) is 8.49. The third-order valence-electron chi connectivity index (χ3n) is 4.36. The third kappa shape index (κ3) is 5.48. The van der Waals surface area contributed by atoms with Crippen molar-refractivity contribution in [3.63, 3.8) is 0 Å². The quantitative estimate of drug-likeness (QED) is 0.787. The molecule has 1 saturated heterocycles. The molecule has 2 aromatic carbocycles. The summed E-state index contributed by atoms with van der Waals surface area (Å²) in [5.74, 6) is 0.112. The van der Waals surface area contributed by atoms with Crippen molar-refractivity contribution < 1.29 is 4.79 Å². The second-order valence-corrected chi connectivity index (χ2v) is 6.15. The van der Waals surface area contributed by atoms with E-state index in [1.54, 1.807) is 0 Å². The highest BCUT2D eigenvalue weighted by atomic mass is 35.5. The van der Waals surface area contributed by atoms with Crippen molar-refractivity contribution in [2.45, 2.75) is 12.8 Å². The van der Waals surface area contributed by atoms with Crippen LogP contribution in [-0.2, 0) is 11.2 Å². The standard InChI is InChI=1S/C19H25N3O.ClH/c23-19(21-8-3-11-22-12-9-20-10-13-22)15-16-6-7-17-4-1-2-5-18(17)14-16;/h1-2,4-7,14,20H,3,8-13,15H2,(H,21,23);1H. The molecule has 0 aliphatic carbocycles. The van der Waals surface area contributed by atoms with Gasteiger partial charge in [0.2, 0.25) is 5.91 Å². The van der Waals surface area contributed by atoms with Gasteiger partial charge in [-0.1, -0.05) is 42.5 Å². The number of piperazine rings is 1. The maximum atomic E-state index is 12.1. The summed E-state index contributed by atoms with van der Waals surface area (Å²) >= 11 is 0. The molecule has 1 amide bonds. The summed E-state index contributed by atoms with van der Waals surface area (Å²) in [6.45, 7) is 6.22. The molecule has 0 aromatic heterocycles. The lowest BCUT2D eigenvalue weighted by atomic mass is 10.0. The number of carbonyl (C=O) groups is 1. The highest BCUT2D eigenvalue weighted by Gasteiger charge is 2.09. The lowest BCUT2D eigenvalue weighted by Gasteiger charge is -2.27. The fraction of sp³-hybridized carbons (Fsp3) is 0.421. The minimum Gasteiger partial charge on any atom is -0.356 e. The second-order valence-electron chi connectivity index (χ2n) is 6.15. The molecular formula is C19H26ClN3O. The lowest BCUT2D eigenvalue weighted by molar-refractivity contribution is -0.120. The van der Waals surface area contributed by atoms with E-state index in [0.29, 0.717) is 6.42 Å². The molecule has 3 rings (SSSR count). The van der Waals surface area contributed by atoms with Crippen LogP contribution in [0.1, 0.15) is 12.0 Å². The predicted octanol–water partition coefficient (Wildman–Crippen LogP) is 2.22. The molecule has 0 spiro atoms. The SMILES string of the molecule is Cl.O=C(Cc1ccc2ccccc2c1)NCCCN1CCNCC1. The Hall–Kier alpha value is -1.62. The molecule has 24 heavy (non-hydrogen) atoms. The van der Waals surface area contributed by atoms with Gasteiger partial charge < -0.3 is 15.5 Å². The van der Waals surface area contributed by atoms with Gasteiger partial charge in [-0.15, -0.1) is 12.4 Å². The largest absolute Gasteiger partial charge is 0.356 e. The molecule has 0 bridgehead atoms. The molecule has 130 valence electrons. The number of fused-ring (bicyclic) bond motifs is 1. The van der Waals surface area contributed by atoms with Gasteiger partial charge in [0.15, 0.2) is 0 Å². The van der Waals surface area contributed by atoms with Crippen LogP contribution in [0.2, 0.25) is 0 Å². The zero-order valence-corrected chi connectivity index (χ0v) is 14.8. The van der Waals surface area contributed by atoms with Gasteiger partial charge >= 0.3 is 0 Å². The van der Waals surface area contributed by atoms with Crippen molar-refractivity contribution in [1.82, 2.24) is 15.5 Å². The number of halogens is 1. The number of benzene rings is 2. The Labute approximate surface area is 150 Å². The Morgan fingerprint density at radius 1 is 1.08 bits per heavy atom. The highest BCUT2D eigenvalue weighted by Crippen LogP contribution is 2.15. The van der Waals surface area contributed by atoms with Gasteiger partial charge in [0.25, 0.3) is 0 Å². The molecule has 0 saturated carbocycles. The molecule has 0 unspecified atom stereocenters. The van der Waals surface area contributed by atoms with Gasteiger partial charge in [-0.25, -0.2) is 0 Å². The van der Waals surface area contributed by atoms with Gasteiger partial charge in [-0.05, 0) is 29.3 Å². The van der Waals surface area contributed by atoms with Crippen LogP contribution in [0.4, 0.5) is 0 Å². The summed E-state index contributed by atoms with van der Waals surface area (Å²) in [4.78, 5) is 14.5. The summed E-state index contributed by atoms with van der Waals surface area (Å²) in [6, 6.07) is 14.5. The van der Waals surface area contributed by atoms with Crippen LogP contribution in [0.3, 0.4) is 0 Å². The summed E-state index contributed by atoms with van der Waals surface area (Å²) in [5.41, 5.74) is 1.07. The van der Waals surface area contributed by atoms with E-state index in [1.807, 2.05) is 18.2 Å². The first kappa shape index (κ1) is 18.7. The van der Waals surface area contributed by atoms with Crippen molar-refractivity contribution >= 4 is 29.1 Å². The number of nitrogens with zero attached hydrogens (tertiary/aromatic N) is 1. The topological polar surface area (TPSA) is 44.4 Å². The molecule has 5 heteroatoms. The lowest BCUT2D eigenvalue weighted by Crippen LogP contribution is -2.44. The highest BCUT2D eigenvalue weighted by molar-refractivity contribution is 5.85. The summed E-state index contributed by atoms with van der Waals surface area (Å²) in [7, 11) is 0. The fourth-order valence-electron chi connectivity index (χ4n) is 3.06. The van der Waals surface area contributed by atoms with E-state index in [4.69, 9.17) is 0 Å². The number of rotatable bonds is 6. The van der Waals surface area contributed by atoms with Gasteiger partial charge in [0, 0.05) is 32.7 Å². The number of carbonyl (C=O) groups excluding carboxylic acids is 1. The predicted molar refractivity (Wildman–Crippen MR) is 102 cm³/mol. The molecule has 2 N–H and O–H groups in total. The summed E-state index contributed by atoms with van der Waals surface area (Å²) in [5, 5.41) is 8.80. The van der Waals surface area contributed by atoms with Crippen LogP contribution < -0.4 is 10.6 Å². The van der Waals surface area contributed by atoms with Crippen LogP contribution in [0, 0.1) is 0 Å². The van der Waals surface area contributed by atoms with Crippen molar-refractivity contribution in [3.05, 3.63) is 48.0 Å². The monoisotopic (exact) mass is 347 g/mol. The van der Waals surface area contributed by atoms with E-state index in [-0.39, 0.29) is 18.3 Å². The molecule has 1 heterocycles. The number of amides is 1. The zero-order chi connectivity index (χ0) is 15.9. The Morgan fingerprint density at radius 2 is 1.83 bits per heavy atom. The summed E-state index contributed by atoms with van der Waals surface area (Å²) in [6.07, 6.45) is 1.47. The molecule has 0 atom stereocenters. The first-order chi connectivity index (χ1) is 11.3. The Balaban J connectivity index is 0.00000208. The normalized spacial score (nSPS) is 15.0. The maximum Gasteiger partial charge on any atom is 0.224 e. The molecular weight excluding hydrogens is 322 g/mol. The fourth-order valence-corrected chi connectivity index (χ4v) is 3.06. The molecule has 1 aliphatic heterocycles. The number of hydrogen-bond donors (Lipinski definition) is 2. The first-order valence-corrected chi connectivity index (χ1v) is 8.49. The van der Waals surface area contributed by atoms with Crippen LogP contribution in [0.15, 0.2) is 42.5 Å². The van der Waals surface area contributed by atoms with Gasteiger partial charge in [-0.2, -0.15) is 0 Å². The average Bonchev–Trinajstić information content (AvgIpc) is 2.59. The smallest absolute Gasteiger partial charge is 0.224 e. The van der Waals surface area contributed by atoms with Crippen LogP contribution in [0.25, 0.3) is 10.8 Å². The van der Waals surface area contributed by atoms with E-state index in [0.717, 1.165) is 51.3 Å². The third-order valence-corrected chi connectivity index (χ3v) is 4.36. The minimum atomic E-state index is 0. The number of nitrogens with one attached hydrogen (secondary N) is 2. The zero-order valence-electron chi connectivity index (χ0n) is 14.0. The second kappa shape index (κ2) is 9.62. The molecule has 4 nitrogen and oxygen atoms in total. The van der Waals surface area contributed by atoms with E-state index in [9.17, 15) is 4.79 Å². The Morgan fingerprint density at radius 3 is 2.62 bits per heavy atom. The Kier molecular flexibility index (Phi) is 7.50. The van der Waals surface area contributed by atoms with E-state index < -0.39 is 0 Å². The van der Waals surface area contributed by atoms with Crippen molar-refractivity contribution in [1.29, 1.82) is 0 Å². The van der Waals surface area contributed by atoms with Gasteiger partial charge in [-0.3, -0.25) is 4.79 Å². The summed E-state index contributed by atoms with van der Waals surface area (Å²) < 4.78 is 0. The molecule has 1 aliphatic rings. The van der Waals surface area contributed by atoms with Crippen molar-refractivity contribution in [3.8, 4) is 0 Å².